The van der Waals surface area contributed by atoms with Gasteiger partial charge in [0, 0.05) is 6.54 Å². The molecule has 0 saturated carbocycles. The highest BCUT2D eigenvalue weighted by Crippen LogP contribution is 2.31. The average Bonchev–Trinajstić information content (AvgIpc) is 2.50. The Labute approximate surface area is 90.7 Å². The van der Waals surface area contributed by atoms with Crippen LogP contribution < -0.4 is 0 Å². The Balaban J connectivity index is 2.65. The van der Waals surface area contributed by atoms with Crippen LogP contribution in [0.2, 0.25) is 0 Å². The van der Waals surface area contributed by atoms with Crippen LogP contribution in [-0.4, -0.2) is 9.55 Å². The van der Waals surface area contributed by atoms with Crippen LogP contribution in [-0.2, 0) is 12.7 Å². The average molecular weight is 228 g/mol. The number of halogens is 3. The quantitative estimate of drug-likeness (QED) is 0.731. The molecule has 0 fully saturated rings. The molecule has 2 aromatic rings. The van der Waals surface area contributed by atoms with Gasteiger partial charge in [0.2, 0.25) is 0 Å². The Morgan fingerprint density at radius 2 is 2.00 bits per heavy atom. The normalized spacial score (nSPS) is 12.3. The standard InChI is InChI=1S/C11H11F3N2/c1-3-16-7(2)15-9-6-8(11(12,13)14)4-5-10(9)16/h4-6H,3H2,1-2H3. The second-order valence-corrected chi connectivity index (χ2v) is 3.60. The number of hydrogen-bond donors (Lipinski definition) is 0. The van der Waals surface area contributed by atoms with E-state index in [1.54, 1.807) is 6.92 Å². The van der Waals surface area contributed by atoms with Gasteiger partial charge >= 0.3 is 6.18 Å². The van der Waals surface area contributed by atoms with Crippen molar-refractivity contribution in [2.45, 2.75) is 26.6 Å². The molecule has 5 heteroatoms. The second kappa shape index (κ2) is 3.50. The zero-order valence-electron chi connectivity index (χ0n) is 8.97. The summed E-state index contributed by atoms with van der Waals surface area (Å²) in [7, 11) is 0. The van der Waals surface area contributed by atoms with Crippen LogP contribution >= 0.6 is 0 Å². The van der Waals surface area contributed by atoms with Gasteiger partial charge in [-0.1, -0.05) is 0 Å². The Kier molecular flexibility index (Phi) is 2.40. The third-order valence-corrected chi connectivity index (χ3v) is 2.58. The summed E-state index contributed by atoms with van der Waals surface area (Å²) >= 11 is 0. The molecule has 0 radical (unpaired) electrons. The van der Waals surface area contributed by atoms with Crippen LogP contribution in [0.4, 0.5) is 13.2 Å². The van der Waals surface area contributed by atoms with E-state index in [9.17, 15) is 13.2 Å². The van der Waals surface area contributed by atoms with E-state index < -0.39 is 11.7 Å². The van der Waals surface area contributed by atoms with E-state index in [0.29, 0.717) is 12.1 Å². The molecule has 0 aliphatic rings. The van der Waals surface area contributed by atoms with Gasteiger partial charge in [-0.05, 0) is 32.0 Å². The minimum atomic E-state index is -4.31. The minimum Gasteiger partial charge on any atom is -0.329 e. The Morgan fingerprint density at radius 1 is 1.31 bits per heavy atom. The van der Waals surface area contributed by atoms with E-state index in [1.165, 1.54) is 6.07 Å². The number of imidazole rings is 1. The van der Waals surface area contributed by atoms with E-state index in [4.69, 9.17) is 0 Å². The topological polar surface area (TPSA) is 17.8 Å². The molecular formula is C11H11F3N2. The van der Waals surface area contributed by atoms with E-state index in [0.717, 1.165) is 23.5 Å². The molecule has 16 heavy (non-hydrogen) atoms. The lowest BCUT2D eigenvalue weighted by molar-refractivity contribution is -0.137. The van der Waals surface area contributed by atoms with Crippen LogP contribution in [0.1, 0.15) is 18.3 Å². The highest BCUT2D eigenvalue weighted by Gasteiger charge is 2.30. The van der Waals surface area contributed by atoms with Gasteiger partial charge in [0.05, 0.1) is 16.6 Å². The van der Waals surface area contributed by atoms with Crippen molar-refractivity contribution in [3.05, 3.63) is 29.6 Å². The number of hydrogen-bond acceptors (Lipinski definition) is 1. The zero-order chi connectivity index (χ0) is 11.9. The predicted molar refractivity (Wildman–Crippen MR) is 55.1 cm³/mol. The van der Waals surface area contributed by atoms with Crippen LogP contribution in [0.5, 0.6) is 0 Å². The van der Waals surface area contributed by atoms with Gasteiger partial charge in [0.1, 0.15) is 5.82 Å². The molecule has 0 aliphatic heterocycles. The summed E-state index contributed by atoms with van der Waals surface area (Å²) in [5.74, 6) is 0.733. The SMILES string of the molecule is CCn1c(C)nc2cc(C(F)(F)F)ccc21. The number of benzene rings is 1. The Morgan fingerprint density at radius 3 is 2.56 bits per heavy atom. The van der Waals surface area contributed by atoms with Crippen molar-refractivity contribution in [2.75, 3.05) is 0 Å². The number of nitrogens with zero attached hydrogens (tertiary/aromatic N) is 2. The predicted octanol–water partition coefficient (Wildman–Crippen LogP) is 3.38. The first-order valence-electron chi connectivity index (χ1n) is 4.97. The van der Waals surface area contributed by atoms with Crippen molar-refractivity contribution in [1.82, 2.24) is 9.55 Å². The second-order valence-electron chi connectivity index (χ2n) is 3.60. The van der Waals surface area contributed by atoms with Gasteiger partial charge in [0.15, 0.2) is 0 Å². The molecular weight excluding hydrogens is 217 g/mol. The summed E-state index contributed by atoms with van der Waals surface area (Å²) in [5, 5.41) is 0. The fourth-order valence-electron chi connectivity index (χ4n) is 1.83. The molecule has 0 atom stereocenters. The summed E-state index contributed by atoms with van der Waals surface area (Å²) in [5.41, 5.74) is 0.489. The molecule has 0 aliphatic carbocycles. The fourth-order valence-corrected chi connectivity index (χ4v) is 1.83. The first-order chi connectivity index (χ1) is 7.43. The Hall–Kier alpha value is -1.52. The van der Waals surface area contributed by atoms with Crippen molar-refractivity contribution in [3.8, 4) is 0 Å². The van der Waals surface area contributed by atoms with Crippen LogP contribution in [0.3, 0.4) is 0 Å². The number of aromatic nitrogens is 2. The molecule has 0 N–H and O–H groups in total. The van der Waals surface area contributed by atoms with Crippen molar-refractivity contribution in [2.24, 2.45) is 0 Å². The minimum absolute atomic E-state index is 0.397. The van der Waals surface area contributed by atoms with Crippen LogP contribution in [0, 0.1) is 6.92 Å². The molecule has 86 valence electrons. The van der Waals surface area contributed by atoms with E-state index in [1.807, 2.05) is 11.5 Å². The van der Waals surface area contributed by atoms with Gasteiger partial charge in [-0.3, -0.25) is 0 Å². The molecule has 0 saturated heterocycles. The summed E-state index contributed by atoms with van der Waals surface area (Å²) in [6, 6.07) is 3.66. The van der Waals surface area contributed by atoms with Crippen molar-refractivity contribution < 1.29 is 13.2 Å². The molecule has 0 bridgehead atoms. The van der Waals surface area contributed by atoms with E-state index in [-0.39, 0.29) is 0 Å². The maximum absolute atomic E-state index is 12.5. The molecule has 0 unspecified atom stereocenters. The van der Waals surface area contributed by atoms with Crippen molar-refractivity contribution in [3.63, 3.8) is 0 Å². The molecule has 2 nitrogen and oxygen atoms in total. The summed E-state index contributed by atoms with van der Waals surface area (Å²) in [4.78, 5) is 4.12. The molecule has 1 aromatic carbocycles. The van der Waals surface area contributed by atoms with Gasteiger partial charge in [0.25, 0.3) is 0 Å². The summed E-state index contributed by atoms with van der Waals surface area (Å²) in [6.07, 6.45) is -4.31. The maximum Gasteiger partial charge on any atom is 0.416 e. The largest absolute Gasteiger partial charge is 0.416 e. The summed E-state index contributed by atoms with van der Waals surface area (Å²) in [6.45, 7) is 4.43. The zero-order valence-corrected chi connectivity index (χ0v) is 8.97. The first-order valence-corrected chi connectivity index (χ1v) is 4.97. The number of fused-ring (bicyclic) bond motifs is 1. The molecule has 0 amide bonds. The fraction of sp³-hybridized carbons (Fsp3) is 0.364. The van der Waals surface area contributed by atoms with Crippen molar-refractivity contribution in [1.29, 1.82) is 0 Å². The molecule has 1 aromatic heterocycles. The van der Waals surface area contributed by atoms with E-state index >= 15 is 0 Å². The van der Waals surface area contributed by atoms with Gasteiger partial charge < -0.3 is 4.57 Å². The van der Waals surface area contributed by atoms with Gasteiger partial charge in [-0.2, -0.15) is 13.2 Å². The molecule has 1 heterocycles. The number of rotatable bonds is 1. The highest BCUT2D eigenvalue weighted by atomic mass is 19.4. The maximum atomic E-state index is 12.5. The van der Waals surface area contributed by atoms with Crippen molar-refractivity contribution >= 4 is 11.0 Å². The molecule has 0 spiro atoms. The Bertz CT molecular complexity index is 526. The lowest BCUT2D eigenvalue weighted by atomic mass is 10.2. The highest BCUT2D eigenvalue weighted by molar-refractivity contribution is 5.77. The van der Waals surface area contributed by atoms with Crippen LogP contribution in [0.25, 0.3) is 11.0 Å². The van der Waals surface area contributed by atoms with E-state index in [2.05, 4.69) is 4.98 Å². The smallest absolute Gasteiger partial charge is 0.329 e. The van der Waals surface area contributed by atoms with Gasteiger partial charge in [-0.15, -0.1) is 0 Å². The summed E-state index contributed by atoms with van der Waals surface area (Å²) < 4.78 is 39.3. The lowest BCUT2D eigenvalue weighted by Crippen LogP contribution is -2.04. The lowest BCUT2D eigenvalue weighted by Gasteiger charge is -2.06. The third kappa shape index (κ3) is 1.66. The molecule has 2 rings (SSSR count). The number of alkyl halides is 3. The third-order valence-electron chi connectivity index (χ3n) is 2.58. The van der Waals surface area contributed by atoms with Crippen LogP contribution in [0.15, 0.2) is 18.2 Å². The van der Waals surface area contributed by atoms with Gasteiger partial charge in [-0.25, -0.2) is 4.98 Å². The monoisotopic (exact) mass is 228 g/mol. The number of aryl methyl sites for hydroxylation is 2. The first kappa shape index (κ1) is 11.0.